The molecule has 0 aliphatic heterocycles. The molecule has 0 radical (unpaired) electrons. The second-order valence-corrected chi connectivity index (χ2v) is 7.96. The lowest BCUT2D eigenvalue weighted by atomic mass is 10.1. The molecule has 0 aromatic rings. The minimum Gasteiger partial charge on any atom is -0.316 e. The van der Waals surface area contributed by atoms with E-state index in [0.717, 1.165) is 25.9 Å². The molecule has 0 bridgehead atoms. The van der Waals surface area contributed by atoms with Crippen molar-refractivity contribution in [3.8, 4) is 0 Å². The summed E-state index contributed by atoms with van der Waals surface area (Å²) < 4.78 is 22.2. The number of sulfone groups is 1. The van der Waals surface area contributed by atoms with E-state index in [9.17, 15) is 8.42 Å². The van der Waals surface area contributed by atoms with Gasteiger partial charge in [-0.05, 0) is 45.8 Å². The molecule has 0 aromatic carbocycles. The molecule has 110 valence electrons. The summed E-state index contributed by atoms with van der Waals surface area (Å²) in [5, 5.41) is 3.42. The van der Waals surface area contributed by atoms with E-state index in [2.05, 4.69) is 31.0 Å². The van der Waals surface area contributed by atoms with Crippen LogP contribution in [0.2, 0.25) is 0 Å². The van der Waals surface area contributed by atoms with Crippen LogP contribution >= 0.6 is 0 Å². The summed E-state index contributed by atoms with van der Waals surface area (Å²) in [6.07, 6.45) is 3.53. The van der Waals surface area contributed by atoms with Crippen molar-refractivity contribution >= 4 is 9.84 Å². The second kappa shape index (κ2) is 8.88. The van der Waals surface area contributed by atoms with Gasteiger partial charge >= 0.3 is 0 Å². The summed E-state index contributed by atoms with van der Waals surface area (Å²) in [4.78, 5) is 2.13. The van der Waals surface area contributed by atoms with E-state index in [1.54, 1.807) is 0 Å². The molecule has 0 saturated carbocycles. The standard InChI is InChI=1S/C13H30N2O2S/c1-12(2)11-14-8-6-7-13(3)15(4)9-10-18(5,16)17/h12-14H,6-11H2,1-5H3. The van der Waals surface area contributed by atoms with Crippen molar-refractivity contribution in [2.45, 2.75) is 39.7 Å². The van der Waals surface area contributed by atoms with Gasteiger partial charge in [0.25, 0.3) is 0 Å². The molecule has 1 unspecified atom stereocenters. The van der Waals surface area contributed by atoms with E-state index in [-0.39, 0.29) is 5.75 Å². The van der Waals surface area contributed by atoms with Gasteiger partial charge < -0.3 is 10.2 Å². The smallest absolute Gasteiger partial charge is 0.148 e. The third-order valence-corrected chi connectivity index (χ3v) is 4.02. The van der Waals surface area contributed by atoms with Crippen LogP contribution in [-0.4, -0.2) is 58.1 Å². The maximum atomic E-state index is 11.1. The van der Waals surface area contributed by atoms with Crippen molar-refractivity contribution in [3.05, 3.63) is 0 Å². The Kier molecular flexibility index (Phi) is 8.82. The summed E-state index contributed by atoms with van der Waals surface area (Å²) in [5.74, 6) is 0.944. The molecule has 0 spiro atoms. The molecule has 1 atom stereocenters. The fourth-order valence-electron chi connectivity index (χ4n) is 1.66. The van der Waals surface area contributed by atoms with Crippen molar-refractivity contribution in [3.63, 3.8) is 0 Å². The van der Waals surface area contributed by atoms with Gasteiger partial charge in [0, 0.05) is 18.8 Å². The monoisotopic (exact) mass is 278 g/mol. The molecule has 4 nitrogen and oxygen atoms in total. The highest BCUT2D eigenvalue weighted by Gasteiger charge is 2.11. The van der Waals surface area contributed by atoms with Gasteiger partial charge in [0.1, 0.15) is 9.84 Å². The molecule has 0 fully saturated rings. The lowest BCUT2D eigenvalue weighted by molar-refractivity contribution is 0.255. The zero-order valence-corrected chi connectivity index (χ0v) is 13.4. The molecule has 18 heavy (non-hydrogen) atoms. The number of hydrogen-bond acceptors (Lipinski definition) is 4. The Hall–Kier alpha value is -0.130. The van der Waals surface area contributed by atoms with Crippen LogP contribution in [0.4, 0.5) is 0 Å². The molecule has 0 saturated heterocycles. The van der Waals surface area contributed by atoms with Gasteiger partial charge in [-0.1, -0.05) is 13.8 Å². The molecule has 0 aliphatic carbocycles. The van der Waals surface area contributed by atoms with E-state index in [1.807, 2.05) is 7.05 Å². The van der Waals surface area contributed by atoms with Crippen molar-refractivity contribution in [2.75, 3.05) is 38.7 Å². The van der Waals surface area contributed by atoms with Crippen LogP contribution < -0.4 is 5.32 Å². The molecular weight excluding hydrogens is 248 g/mol. The molecular formula is C13H30N2O2S. The summed E-state index contributed by atoms with van der Waals surface area (Å²) in [7, 11) is -0.848. The minimum absolute atomic E-state index is 0.249. The fraction of sp³-hybridized carbons (Fsp3) is 1.00. The Labute approximate surface area is 113 Å². The van der Waals surface area contributed by atoms with E-state index < -0.39 is 9.84 Å². The maximum absolute atomic E-state index is 11.1. The van der Waals surface area contributed by atoms with Gasteiger partial charge in [0.2, 0.25) is 0 Å². The van der Waals surface area contributed by atoms with Gasteiger partial charge in [-0.25, -0.2) is 8.42 Å². The topological polar surface area (TPSA) is 49.4 Å². The van der Waals surface area contributed by atoms with E-state index in [1.165, 1.54) is 6.26 Å². The lowest BCUT2D eigenvalue weighted by Crippen LogP contribution is -2.34. The predicted molar refractivity (Wildman–Crippen MR) is 78.7 cm³/mol. The highest BCUT2D eigenvalue weighted by molar-refractivity contribution is 7.90. The second-order valence-electron chi connectivity index (χ2n) is 5.70. The van der Waals surface area contributed by atoms with Crippen molar-refractivity contribution in [1.82, 2.24) is 10.2 Å². The summed E-state index contributed by atoms with van der Waals surface area (Å²) in [5.41, 5.74) is 0. The number of rotatable bonds is 10. The van der Waals surface area contributed by atoms with Crippen molar-refractivity contribution in [2.24, 2.45) is 5.92 Å². The average molecular weight is 278 g/mol. The Morgan fingerprint density at radius 2 is 1.83 bits per heavy atom. The van der Waals surface area contributed by atoms with Crippen molar-refractivity contribution < 1.29 is 8.42 Å². The Morgan fingerprint density at radius 3 is 2.33 bits per heavy atom. The van der Waals surface area contributed by atoms with Crippen LogP contribution in [-0.2, 0) is 9.84 Å². The first-order valence-electron chi connectivity index (χ1n) is 6.81. The quantitative estimate of drug-likeness (QED) is 0.613. The number of nitrogens with one attached hydrogen (secondary N) is 1. The van der Waals surface area contributed by atoms with Gasteiger partial charge in [-0.2, -0.15) is 0 Å². The summed E-state index contributed by atoms with van der Waals surface area (Å²) in [6, 6.07) is 0.438. The van der Waals surface area contributed by atoms with Crippen LogP contribution in [0, 0.1) is 5.92 Å². The maximum Gasteiger partial charge on any atom is 0.148 e. The molecule has 0 rings (SSSR count). The lowest BCUT2D eigenvalue weighted by Gasteiger charge is -2.24. The summed E-state index contributed by atoms with van der Waals surface area (Å²) >= 11 is 0. The molecule has 5 heteroatoms. The largest absolute Gasteiger partial charge is 0.316 e. The van der Waals surface area contributed by atoms with Crippen LogP contribution in [0.3, 0.4) is 0 Å². The van der Waals surface area contributed by atoms with E-state index in [0.29, 0.717) is 18.5 Å². The Morgan fingerprint density at radius 1 is 1.22 bits per heavy atom. The molecule has 0 heterocycles. The molecule has 0 amide bonds. The number of hydrogen-bond donors (Lipinski definition) is 1. The Balaban J connectivity index is 3.65. The first-order valence-corrected chi connectivity index (χ1v) is 8.87. The highest BCUT2D eigenvalue weighted by Crippen LogP contribution is 2.04. The molecule has 0 aromatic heterocycles. The molecule has 0 aliphatic rings. The van der Waals surface area contributed by atoms with E-state index in [4.69, 9.17) is 0 Å². The van der Waals surface area contributed by atoms with E-state index >= 15 is 0 Å². The normalized spacial score (nSPS) is 14.4. The highest BCUT2D eigenvalue weighted by atomic mass is 32.2. The molecule has 1 N–H and O–H groups in total. The van der Waals surface area contributed by atoms with Gasteiger partial charge in [0.15, 0.2) is 0 Å². The minimum atomic E-state index is -2.85. The Bertz CT molecular complexity index is 302. The van der Waals surface area contributed by atoms with Crippen LogP contribution in [0.15, 0.2) is 0 Å². The zero-order chi connectivity index (χ0) is 14.2. The first kappa shape index (κ1) is 17.9. The van der Waals surface area contributed by atoms with Gasteiger partial charge in [-0.3, -0.25) is 0 Å². The predicted octanol–water partition coefficient (Wildman–Crippen LogP) is 1.38. The van der Waals surface area contributed by atoms with Crippen LogP contribution in [0.5, 0.6) is 0 Å². The van der Waals surface area contributed by atoms with Gasteiger partial charge in [0.05, 0.1) is 5.75 Å². The van der Waals surface area contributed by atoms with Gasteiger partial charge in [-0.15, -0.1) is 0 Å². The fourth-order valence-corrected chi connectivity index (χ4v) is 2.28. The average Bonchev–Trinajstić information content (AvgIpc) is 2.23. The third-order valence-electron chi connectivity index (χ3n) is 3.10. The third kappa shape index (κ3) is 11.0. The van der Waals surface area contributed by atoms with Crippen molar-refractivity contribution in [1.29, 1.82) is 0 Å². The zero-order valence-electron chi connectivity index (χ0n) is 12.6. The SMILES string of the molecule is CC(C)CNCCCC(C)N(C)CCS(C)(=O)=O. The first-order chi connectivity index (χ1) is 8.22. The number of nitrogens with zero attached hydrogens (tertiary/aromatic N) is 1. The van der Waals surface area contributed by atoms with Crippen LogP contribution in [0.1, 0.15) is 33.6 Å². The van der Waals surface area contributed by atoms with Crippen LogP contribution in [0.25, 0.3) is 0 Å². The summed E-state index contributed by atoms with van der Waals surface area (Å²) in [6.45, 7) is 9.30.